The van der Waals surface area contributed by atoms with Crippen LogP contribution in [-0.4, -0.2) is 31.4 Å². The zero-order valence-corrected chi connectivity index (χ0v) is 19.6. The Morgan fingerprint density at radius 1 is 0.970 bits per heavy atom. The van der Waals surface area contributed by atoms with Crippen LogP contribution in [0.15, 0.2) is 77.8 Å². The molecule has 3 rings (SSSR count). The van der Waals surface area contributed by atoms with Crippen LogP contribution in [0.1, 0.15) is 26.5 Å². The first-order chi connectivity index (χ1) is 15.7. The van der Waals surface area contributed by atoms with Crippen molar-refractivity contribution in [2.24, 2.45) is 0 Å². The maximum atomic E-state index is 12.6. The average molecular weight is 469 g/mol. The highest BCUT2D eigenvalue weighted by Crippen LogP contribution is 2.20. The molecule has 1 heterocycles. The maximum absolute atomic E-state index is 12.6. The van der Waals surface area contributed by atoms with E-state index in [0.717, 1.165) is 11.4 Å². The molecule has 0 aliphatic carbocycles. The van der Waals surface area contributed by atoms with Crippen LogP contribution >= 0.6 is 0 Å². The molecule has 174 valence electrons. The fraction of sp³-hybridized carbons (Fsp3) is 0.250. The Kier molecular flexibility index (Phi) is 8.02. The second kappa shape index (κ2) is 10.9. The van der Waals surface area contributed by atoms with Crippen molar-refractivity contribution in [1.29, 1.82) is 0 Å². The van der Waals surface area contributed by atoms with Gasteiger partial charge in [0.25, 0.3) is 0 Å². The second-order valence-corrected chi connectivity index (χ2v) is 9.51. The van der Waals surface area contributed by atoms with E-state index in [-0.39, 0.29) is 16.8 Å². The summed E-state index contributed by atoms with van der Waals surface area (Å²) < 4.78 is 32.7. The van der Waals surface area contributed by atoms with Gasteiger partial charge in [-0.15, -0.1) is 0 Å². The molecule has 0 radical (unpaired) electrons. The number of pyridine rings is 1. The number of hydrogen-bond acceptors (Lipinski definition) is 6. The molecule has 1 atom stereocenters. The Labute approximate surface area is 194 Å². The predicted molar refractivity (Wildman–Crippen MR) is 129 cm³/mol. The van der Waals surface area contributed by atoms with Gasteiger partial charge in [-0.05, 0) is 69.3 Å². The Bertz CT molecular complexity index is 1170. The van der Waals surface area contributed by atoms with Gasteiger partial charge in [0.2, 0.25) is 15.9 Å². The van der Waals surface area contributed by atoms with Crippen molar-refractivity contribution in [1.82, 2.24) is 9.71 Å². The Balaban J connectivity index is 1.56. The van der Waals surface area contributed by atoms with E-state index >= 15 is 0 Å². The molecule has 2 aromatic carbocycles. The first-order valence-corrected chi connectivity index (χ1v) is 12.0. The summed E-state index contributed by atoms with van der Waals surface area (Å²) in [5, 5.41) is 5.93. The third kappa shape index (κ3) is 7.30. The van der Waals surface area contributed by atoms with Gasteiger partial charge < -0.3 is 15.4 Å². The molecule has 0 bridgehead atoms. The fourth-order valence-corrected chi connectivity index (χ4v) is 4.23. The Morgan fingerprint density at radius 3 is 2.39 bits per heavy atom. The number of ether oxygens (including phenoxy) is 1. The summed E-state index contributed by atoms with van der Waals surface area (Å²) in [5.41, 5.74) is 2.06. The van der Waals surface area contributed by atoms with E-state index in [2.05, 4.69) is 20.3 Å². The van der Waals surface area contributed by atoms with Gasteiger partial charge in [-0.25, -0.2) is 13.1 Å². The topological polar surface area (TPSA) is 109 Å². The molecule has 0 saturated carbocycles. The largest absolute Gasteiger partial charge is 0.487 e. The highest BCUT2D eigenvalue weighted by molar-refractivity contribution is 7.89. The molecule has 1 unspecified atom stereocenters. The monoisotopic (exact) mass is 468 g/mol. The van der Waals surface area contributed by atoms with Crippen LogP contribution in [0.2, 0.25) is 0 Å². The second-order valence-electron chi connectivity index (χ2n) is 7.79. The van der Waals surface area contributed by atoms with E-state index in [9.17, 15) is 13.2 Å². The molecular weight excluding hydrogens is 440 g/mol. The van der Waals surface area contributed by atoms with Crippen molar-refractivity contribution in [2.75, 3.05) is 10.6 Å². The molecular formula is C24H28N4O4S. The minimum Gasteiger partial charge on any atom is -0.487 e. The minimum atomic E-state index is -3.58. The summed E-state index contributed by atoms with van der Waals surface area (Å²) in [4.78, 5) is 17.0. The summed E-state index contributed by atoms with van der Waals surface area (Å²) in [6.45, 7) is 5.59. The van der Waals surface area contributed by atoms with E-state index in [1.165, 1.54) is 12.1 Å². The molecule has 1 amide bonds. The fourth-order valence-electron chi connectivity index (χ4n) is 2.98. The first kappa shape index (κ1) is 24.2. The number of sulfonamides is 1. The Morgan fingerprint density at radius 2 is 1.73 bits per heavy atom. The van der Waals surface area contributed by atoms with E-state index < -0.39 is 16.1 Å². The number of carbonyl (C=O) groups excluding carboxylic acids is 1. The van der Waals surface area contributed by atoms with Gasteiger partial charge in [0.1, 0.15) is 18.4 Å². The van der Waals surface area contributed by atoms with E-state index in [0.29, 0.717) is 18.0 Å². The van der Waals surface area contributed by atoms with Crippen molar-refractivity contribution in [3.05, 3.63) is 78.6 Å². The summed E-state index contributed by atoms with van der Waals surface area (Å²) >= 11 is 0. The van der Waals surface area contributed by atoms with Crippen molar-refractivity contribution >= 4 is 27.3 Å². The third-order valence-electron chi connectivity index (χ3n) is 4.55. The Hall–Kier alpha value is -3.43. The molecule has 8 nitrogen and oxygen atoms in total. The predicted octanol–water partition coefficient (Wildman–Crippen LogP) is 3.79. The quantitative estimate of drug-likeness (QED) is 0.418. The maximum Gasteiger partial charge on any atom is 0.246 e. The van der Waals surface area contributed by atoms with Gasteiger partial charge >= 0.3 is 0 Å². The molecule has 33 heavy (non-hydrogen) atoms. The highest BCUT2D eigenvalue weighted by Gasteiger charge is 2.17. The molecule has 3 N–H and O–H groups in total. The van der Waals surface area contributed by atoms with Crippen LogP contribution in [0.25, 0.3) is 0 Å². The lowest BCUT2D eigenvalue weighted by Gasteiger charge is -2.16. The number of hydrogen-bond donors (Lipinski definition) is 3. The molecule has 0 saturated heterocycles. The zero-order chi connectivity index (χ0) is 23.8. The number of carbonyl (C=O) groups is 1. The number of anilines is 2. The minimum absolute atomic E-state index is 0.142. The lowest BCUT2D eigenvalue weighted by atomic mass is 10.2. The van der Waals surface area contributed by atoms with Crippen LogP contribution in [0.5, 0.6) is 5.75 Å². The summed E-state index contributed by atoms with van der Waals surface area (Å²) in [6, 6.07) is 18.3. The summed E-state index contributed by atoms with van der Waals surface area (Å²) in [7, 11) is -3.58. The molecule has 1 aromatic heterocycles. The average Bonchev–Trinajstić information content (AvgIpc) is 2.78. The van der Waals surface area contributed by atoms with Crippen LogP contribution in [-0.2, 0) is 21.4 Å². The van der Waals surface area contributed by atoms with E-state index in [4.69, 9.17) is 4.74 Å². The smallest absolute Gasteiger partial charge is 0.246 e. The van der Waals surface area contributed by atoms with E-state index in [1.54, 1.807) is 39.1 Å². The van der Waals surface area contributed by atoms with Gasteiger partial charge in [-0.2, -0.15) is 0 Å². The van der Waals surface area contributed by atoms with Crippen LogP contribution in [0, 0.1) is 0 Å². The SMILES string of the molecule is CC(C)NS(=O)(=O)c1ccc(NC(=O)C(C)Nc2cccc(OCc3ccccn3)c2)cc1. The van der Waals surface area contributed by atoms with Gasteiger partial charge in [0, 0.05) is 29.7 Å². The summed E-state index contributed by atoms with van der Waals surface area (Å²) in [5.74, 6) is 0.399. The van der Waals surface area contributed by atoms with Gasteiger partial charge in [0.15, 0.2) is 0 Å². The van der Waals surface area contributed by atoms with Crippen molar-refractivity contribution < 1.29 is 17.9 Å². The highest BCUT2D eigenvalue weighted by atomic mass is 32.2. The molecule has 0 fully saturated rings. The number of amides is 1. The van der Waals surface area contributed by atoms with Crippen LogP contribution in [0.3, 0.4) is 0 Å². The lowest BCUT2D eigenvalue weighted by molar-refractivity contribution is -0.116. The van der Waals surface area contributed by atoms with Crippen LogP contribution in [0.4, 0.5) is 11.4 Å². The number of nitrogens with one attached hydrogen (secondary N) is 3. The third-order valence-corrected chi connectivity index (χ3v) is 6.22. The molecule has 0 aliphatic heterocycles. The summed E-state index contributed by atoms with van der Waals surface area (Å²) in [6.07, 6.45) is 1.71. The zero-order valence-electron chi connectivity index (χ0n) is 18.8. The van der Waals surface area contributed by atoms with Crippen molar-refractivity contribution in [3.63, 3.8) is 0 Å². The first-order valence-electron chi connectivity index (χ1n) is 10.6. The number of nitrogens with zero attached hydrogens (tertiary/aromatic N) is 1. The van der Waals surface area contributed by atoms with Crippen molar-refractivity contribution in [3.8, 4) is 5.75 Å². The standard InChI is InChI=1S/C24H28N4O4S/c1-17(2)28-33(30,31)23-12-10-19(11-13-23)27-24(29)18(3)26-20-8-6-9-22(15-20)32-16-21-7-4-5-14-25-21/h4-15,17-18,26,28H,16H2,1-3H3,(H,27,29). The van der Waals surface area contributed by atoms with Gasteiger partial charge in [-0.3, -0.25) is 9.78 Å². The molecule has 3 aromatic rings. The number of benzene rings is 2. The van der Waals surface area contributed by atoms with Crippen LogP contribution < -0.4 is 20.1 Å². The van der Waals surface area contributed by atoms with Crippen molar-refractivity contribution in [2.45, 2.75) is 44.4 Å². The molecule has 0 aliphatic rings. The van der Waals surface area contributed by atoms with Gasteiger partial charge in [0.05, 0.1) is 10.6 Å². The number of aromatic nitrogens is 1. The lowest BCUT2D eigenvalue weighted by Crippen LogP contribution is -2.32. The normalized spacial score (nSPS) is 12.2. The van der Waals surface area contributed by atoms with Gasteiger partial charge in [-0.1, -0.05) is 12.1 Å². The van der Waals surface area contributed by atoms with E-state index in [1.807, 2.05) is 42.5 Å². The number of rotatable bonds is 10. The molecule has 0 spiro atoms. The molecule has 9 heteroatoms.